The summed E-state index contributed by atoms with van der Waals surface area (Å²) >= 11 is 0. The third kappa shape index (κ3) is 4.21. The lowest BCUT2D eigenvalue weighted by molar-refractivity contribution is -0.144. The van der Waals surface area contributed by atoms with Crippen LogP contribution in [-0.2, 0) is 9.63 Å². The van der Waals surface area contributed by atoms with Gasteiger partial charge in [0.05, 0.1) is 12.2 Å². The van der Waals surface area contributed by atoms with Crippen LogP contribution in [0, 0.1) is 11.8 Å². The number of carboxylic acids is 1. The van der Waals surface area contributed by atoms with Crippen LogP contribution < -0.4 is 5.48 Å². The summed E-state index contributed by atoms with van der Waals surface area (Å²) in [5.41, 5.74) is 4.77. The maximum atomic E-state index is 10.4. The second kappa shape index (κ2) is 7.94. The Hall–Kier alpha value is -1.11. The minimum absolute atomic E-state index is 0.175. The second-order valence-corrected chi connectivity index (χ2v) is 6.43. The Morgan fingerprint density at radius 2 is 2.18 bits per heavy atom. The molecule has 0 amide bonds. The largest absolute Gasteiger partial charge is 0.479 e. The monoisotopic (exact) mass is 313 g/mol. The van der Waals surface area contributed by atoms with Crippen LogP contribution in [-0.4, -0.2) is 40.1 Å². The predicted octanol–water partition coefficient (Wildman–Crippen LogP) is 1.58. The summed E-state index contributed by atoms with van der Waals surface area (Å²) in [5, 5.41) is 28.8. The standard InChI is InChI=1S/C16H27NO5/c1-2-3-4-11(18)6-5-10-7-12-13(16(10)21)8-14(12)17-22-9-15(19)20/h10-11,13,16-18,21H,2-9H2,1H3,(H,19,20). The first-order valence-electron chi connectivity index (χ1n) is 8.20. The maximum absolute atomic E-state index is 10.4. The van der Waals surface area contributed by atoms with Gasteiger partial charge in [-0.1, -0.05) is 19.8 Å². The molecule has 0 aromatic rings. The van der Waals surface area contributed by atoms with E-state index in [1.807, 2.05) is 0 Å². The number of hydrogen-bond acceptors (Lipinski definition) is 5. The van der Waals surface area contributed by atoms with Gasteiger partial charge in [0.15, 0.2) is 6.61 Å². The molecule has 0 radical (unpaired) electrons. The summed E-state index contributed by atoms with van der Waals surface area (Å²) < 4.78 is 0. The zero-order valence-corrected chi connectivity index (χ0v) is 13.1. The van der Waals surface area contributed by atoms with E-state index in [0.717, 1.165) is 49.8 Å². The molecule has 4 N–H and O–H groups in total. The van der Waals surface area contributed by atoms with Crippen LogP contribution in [0.15, 0.2) is 11.3 Å². The van der Waals surface area contributed by atoms with Gasteiger partial charge in [0.2, 0.25) is 0 Å². The molecule has 1 saturated carbocycles. The fourth-order valence-corrected chi connectivity index (χ4v) is 3.46. The van der Waals surface area contributed by atoms with Crippen LogP contribution in [0.2, 0.25) is 0 Å². The van der Waals surface area contributed by atoms with Gasteiger partial charge in [0, 0.05) is 11.6 Å². The Bertz CT molecular complexity index is 423. The number of hydroxylamine groups is 1. The smallest absolute Gasteiger partial charge is 0.332 e. The molecule has 2 rings (SSSR count). The molecule has 4 atom stereocenters. The van der Waals surface area contributed by atoms with Crippen molar-refractivity contribution in [2.45, 2.75) is 64.1 Å². The number of carboxylic acid groups (broad SMARTS) is 1. The van der Waals surface area contributed by atoms with Crippen molar-refractivity contribution >= 4 is 5.97 Å². The number of rotatable bonds is 10. The fourth-order valence-electron chi connectivity index (χ4n) is 3.46. The molecule has 1 fully saturated rings. The number of hydrogen-bond donors (Lipinski definition) is 4. The van der Waals surface area contributed by atoms with E-state index in [1.54, 1.807) is 0 Å². The molecule has 6 heteroatoms. The third-order valence-corrected chi connectivity index (χ3v) is 4.79. The van der Waals surface area contributed by atoms with Gasteiger partial charge < -0.3 is 15.3 Å². The van der Waals surface area contributed by atoms with Gasteiger partial charge in [-0.15, -0.1) is 0 Å². The number of nitrogens with one attached hydrogen (secondary N) is 1. The van der Waals surface area contributed by atoms with Crippen molar-refractivity contribution < 1.29 is 25.0 Å². The first-order valence-corrected chi connectivity index (χ1v) is 8.20. The summed E-state index contributed by atoms with van der Waals surface area (Å²) in [5.74, 6) is -0.650. The van der Waals surface area contributed by atoms with Crippen LogP contribution >= 0.6 is 0 Å². The average molecular weight is 313 g/mol. The Morgan fingerprint density at radius 3 is 2.86 bits per heavy atom. The molecule has 4 unspecified atom stereocenters. The molecule has 0 aromatic carbocycles. The molecule has 0 bridgehead atoms. The van der Waals surface area contributed by atoms with Gasteiger partial charge in [0.25, 0.3) is 0 Å². The average Bonchev–Trinajstić information content (AvgIpc) is 2.70. The van der Waals surface area contributed by atoms with Gasteiger partial charge in [-0.05, 0) is 43.6 Å². The van der Waals surface area contributed by atoms with Crippen molar-refractivity contribution in [1.29, 1.82) is 0 Å². The van der Waals surface area contributed by atoms with E-state index in [9.17, 15) is 15.0 Å². The van der Waals surface area contributed by atoms with Gasteiger partial charge in [-0.3, -0.25) is 10.3 Å². The topological polar surface area (TPSA) is 99.0 Å². The van der Waals surface area contributed by atoms with E-state index in [2.05, 4.69) is 12.4 Å². The van der Waals surface area contributed by atoms with Crippen molar-refractivity contribution in [1.82, 2.24) is 5.48 Å². The minimum Gasteiger partial charge on any atom is -0.479 e. The Kier molecular flexibility index (Phi) is 6.23. The first-order chi connectivity index (χ1) is 10.5. The lowest BCUT2D eigenvalue weighted by atomic mass is 9.83. The van der Waals surface area contributed by atoms with Crippen molar-refractivity contribution in [2.24, 2.45) is 11.8 Å². The van der Waals surface area contributed by atoms with Crippen molar-refractivity contribution in [2.75, 3.05) is 6.61 Å². The highest BCUT2D eigenvalue weighted by atomic mass is 16.7. The Labute approximate surface area is 131 Å². The lowest BCUT2D eigenvalue weighted by Crippen LogP contribution is -2.32. The molecule has 6 nitrogen and oxygen atoms in total. The number of unbranched alkanes of at least 4 members (excludes halogenated alkanes) is 1. The molecular formula is C16H27NO5. The molecule has 126 valence electrons. The van der Waals surface area contributed by atoms with Crippen molar-refractivity contribution in [3.8, 4) is 0 Å². The SMILES string of the molecule is CCCCC(O)CCC1CC2=C(NOCC(=O)O)CC2C1O. The summed E-state index contributed by atoms with van der Waals surface area (Å²) in [6.07, 6.45) is 5.43. The Balaban J connectivity index is 1.75. The number of aliphatic hydroxyl groups is 2. The highest BCUT2D eigenvalue weighted by Gasteiger charge is 2.45. The van der Waals surface area contributed by atoms with E-state index in [0.29, 0.717) is 6.42 Å². The lowest BCUT2D eigenvalue weighted by Gasteiger charge is -2.30. The van der Waals surface area contributed by atoms with E-state index < -0.39 is 5.97 Å². The van der Waals surface area contributed by atoms with Crippen molar-refractivity contribution in [3.63, 3.8) is 0 Å². The third-order valence-electron chi connectivity index (χ3n) is 4.79. The molecule has 0 heterocycles. The molecule has 0 saturated heterocycles. The van der Waals surface area contributed by atoms with Crippen LogP contribution in [0.3, 0.4) is 0 Å². The molecule has 22 heavy (non-hydrogen) atoms. The molecular weight excluding hydrogens is 286 g/mol. The highest BCUT2D eigenvalue weighted by Crippen LogP contribution is 2.49. The number of carbonyl (C=O) groups is 1. The van der Waals surface area contributed by atoms with Gasteiger partial charge >= 0.3 is 5.97 Å². The minimum atomic E-state index is -1.01. The van der Waals surface area contributed by atoms with Gasteiger partial charge in [-0.2, -0.15) is 0 Å². The quantitative estimate of drug-likeness (QED) is 0.457. The first kappa shape index (κ1) is 17.2. The van der Waals surface area contributed by atoms with Crippen LogP contribution in [0.25, 0.3) is 0 Å². The summed E-state index contributed by atoms with van der Waals surface area (Å²) in [4.78, 5) is 15.3. The maximum Gasteiger partial charge on any atom is 0.332 e. The van der Waals surface area contributed by atoms with E-state index in [1.165, 1.54) is 0 Å². The molecule has 0 spiro atoms. The van der Waals surface area contributed by atoms with Crippen molar-refractivity contribution in [3.05, 3.63) is 11.3 Å². The number of allylic oxidation sites excluding steroid dienone is 1. The summed E-state index contributed by atoms with van der Waals surface area (Å²) in [7, 11) is 0. The Morgan fingerprint density at radius 1 is 1.41 bits per heavy atom. The zero-order valence-electron chi connectivity index (χ0n) is 13.1. The van der Waals surface area contributed by atoms with E-state index >= 15 is 0 Å². The second-order valence-electron chi connectivity index (χ2n) is 6.43. The molecule has 0 aliphatic heterocycles. The van der Waals surface area contributed by atoms with Gasteiger partial charge in [0.1, 0.15) is 0 Å². The molecule has 2 aliphatic rings. The molecule has 2 aliphatic carbocycles. The predicted molar refractivity (Wildman–Crippen MR) is 80.7 cm³/mol. The zero-order chi connectivity index (χ0) is 16.1. The van der Waals surface area contributed by atoms with Crippen LogP contribution in [0.1, 0.15) is 51.9 Å². The van der Waals surface area contributed by atoms with E-state index in [-0.39, 0.29) is 30.7 Å². The number of aliphatic carboxylic acids is 1. The summed E-state index contributed by atoms with van der Waals surface area (Å²) in [6, 6.07) is 0. The normalized spacial score (nSPS) is 28.2. The highest BCUT2D eigenvalue weighted by molar-refractivity contribution is 5.67. The summed E-state index contributed by atoms with van der Waals surface area (Å²) in [6.45, 7) is 1.73. The molecule has 0 aromatic heterocycles. The van der Waals surface area contributed by atoms with E-state index in [4.69, 9.17) is 9.94 Å². The van der Waals surface area contributed by atoms with Crippen LogP contribution in [0.5, 0.6) is 0 Å². The van der Waals surface area contributed by atoms with Gasteiger partial charge in [-0.25, -0.2) is 4.79 Å². The number of aliphatic hydroxyl groups excluding tert-OH is 2. The van der Waals surface area contributed by atoms with Crippen LogP contribution in [0.4, 0.5) is 0 Å². The fraction of sp³-hybridized carbons (Fsp3) is 0.812. The number of fused-ring (bicyclic) bond motifs is 1.